The summed E-state index contributed by atoms with van der Waals surface area (Å²) < 4.78 is 29.6. The van der Waals surface area contributed by atoms with Crippen molar-refractivity contribution in [2.75, 3.05) is 0 Å². The molecule has 6 nitrogen and oxygen atoms in total. The lowest BCUT2D eigenvalue weighted by molar-refractivity contribution is -0.137. The van der Waals surface area contributed by atoms with E-state index in [9.17, 15) is 13.2 Å². The van der Waals surface area contributed by atoms with Crippen LogP contribution in [0.25, 0.3) is 0 Å². The van der Waals surface area contributed by atoms with E-state index in [4.69, 9.17) is 15.4 Å². The molecule has 0 heterocycles. The number of hydrogen-bond acceptors (Lipinski definition) is 4. The Kier molecular flexibility index (Phi) is 11.9. The highest BCUT2D eigenvalue weighted by atomic mass is 32.2. The average molecular weight is 345 g/mol. The van der Waals surface area contributed by atoms with Gasteiger partial charge in [0, 0.05) is 6.42 Å². The Morgan fingerprint density at radius 1 is 1.26 bits per heavy atom. The first kappa shape index (κ1) is 23.4. The van der Waals surface area contributed by atoms with Crippen LogP contribution in [0, 0.1) is 12.8 Å². The van der Waals surface area contributed by atoms with Crippen molar-refractivity contribution in [3.05, 3.63) is 42.1 Å². The molecule has 0 aliphatic heterocycles. The minimum atomic E-state index is -4.02. The summed E-state index contributed by atoms with van der Waals surface area (Å²) in [4.78, 5) is 9.84. The van der Waals surface area contributed by atoms with Crippen molar-refractivity contribution in [1.82, 2.24) is 0 Å². The zero-order valence-corrected chi connectivity index (χ0v) is 14.9. The van der Waals surface area contributed by atoms with Gasteiger partial charge in [-0.05, 0) is 44.0 Å². The summed E-state index contributed by atoms with van der Waals surface area (Å²) in [6, 6.07) is 5.99. The van der Waals surface area contributed by atoms with Gasteiger partial charge in [0.15, 0.2) is 0 Å². The van der Waals surface area contributed by atoms with Crippen LogP contribution in [-0.2, 0) is 14.9 Å². The summed E-state index contributed by atoms with van der Waals surface area (Å²) in [7, 11) is -4.02. The van der Waals surface area contributed by atoms with E-state index >= 15 is 0 Å². The number of aliphatic carboxylic acids is 1. The largest absolute Gasteiger partial charge is 0.481 e. The number of allylic oxidation sites excluding steroid dienone is 1. The predicted octanol–water partition coefficient (Wildman–Crippen LogP) is 3.23. The van der Waals surface area contributed by atoms with Crippen LogP contribution >= 0.6 is 0 Å². The zero-order valence-electron chi connectivity index (χ0n) is 14.1. The molecule has 7 heteroatoms. The molecule has 0 saturated heterocycles. The van der Waals surface area contributed by atoms with E-state index in [1.807, 2.05) is 20.8 Å². The van der Waals surface area contributed by atoms with Crippen LogP contribution in [0.1, 0.15) is 39.2 Å². The lowest BCUT2D eigenvalue weighted by atomic mass is 10.1. The topological polar surface area (TPSA) is 118 Å². The van der Waals surface area contributed by atoms with Crippen LogP contribution in [0.3, 0.4) is 0 Å². The van der Waals surface area contributed by atoms with Crippen molar-refractivity contribution >= 4 is 16.1 Å². The molecule has 0 aromatic heterocycles. The summed E-state index contributed by atoms with van der Waals surface area (Å²) >= 11 is 0. The Hall–Kier alpha value is -1.86. The van der Waals surface area contributed by atoms with Crippen molar-refractivity contribution in [1.29, 1.82) is 0 Å². The molecule has 0 fully saturated rings. The van der Waals surface area contributed by atoms with E-state index < -0.39 is 16.1 Å². The van der Waals surface area contributed by atoms with E-state index in [-0.39, 0.29) is 4.90 Å². The van der Waals surface area contributed by atoms with E-state index in [1.54, 1.807) is 19.1 Å². The molecule has 1 rings (SSSR count). The third-order valence-corrected chi connectivity index (χ3v) is 3.12. The first-order valence-corrected chi connectivity index (χ1v) is 8.47. The average Bonchev–Trinajstić information content (AvgIpc) is 2.36. The molecule has 0 atom stereocenters. The molecular weight excluding hydrogens is 318 g/mol. The Bertz CT molecular complexity index is 573. The van der Waals surface area contributed by atoms with Gasteiger partial charge in [-0.2, -0.15) is 8.42 Å². The molecule has 0 amide bonds. The molecule has 4 N–H and O–H groups in total. The first-order chi connectivity index (χ1) is 10.4. The number of carboxylic acid groups (broad SMARTS) is 1. The Morgan fingerprint density at radius 2 is 1.65 bits per heavy atom. The van der Waals surface area contributed by atoms with E-state index in [2.05, 4.69) is 6.58 Å². The molecule has 0 spiro atoms. The molecule has 0 bridgehead atoms. The van der Waals surface area contributed by atoms with E-state index in [0.29, 0.717) is 18.0 Å². The number of carboxylic acids is 1. The summed E-state index contributed by atoms with van der Waals surface area (Å²) in [6.07, 6.45) is 1.09. The molecule has 0 unspecified atom stereocenters. The smallest absolute Gasteiger partial charge is 0.303 e. The van der Waals surface area contributed by atoms with E-state index in [1.165, 1.54) is 12.1 Å². The van der Waals surface area contributed by atoms with Crippen LogP contribution in [0.4, 0.5) is 0 Å². The minimum Gasteiger partial charge on any atom is -0.481 e. The highest BCUT2D eigenvalue weighted by Gasteiger charge is 2.06. The lowest BCUT2D eigenvalue weighted by Crippen LogP contribution is -1.97. The van der Waals surface area contributed by atoms with Crippen molar-refractivity contribution < 1.29 is 22.9 Å². The number of hydrogen-bond donors (Lipinski definition) is 3. The van der Waals surface area contributed by atoms with Gasteiger partial charge in [-0.3, -0.25) is 9.35 Å². The molecule has 23 heavy (non-hydrogen) atoms. The molecule has 1 aromatic rings. The van der Waals surface area contributed by atoms with Gasteiger partial charge >= 0.3 is 5.97 Å². The molecular formula is C16H27NO5S. The molecule has 0 saturated carbocycles. The SMILES string of the molecule is C=C(C)N.CC(C)CCC(=O)O.Cc1ccc(S(=O)(=O)O)cc1. The summed E-state index contributed by atoms with van der Waals surface area (Å²) in [5.74, 6) is -0.190. The van der Waals surface area contributed by atoms with Gasteiger partial charge in [0.05, 0.1) is 4.90 Å². The van der Waals surface area contributed by atoms with Crippen LogP contribution in [0.2, 0.25) is 0 Å². The fraction of sp³-hybridized carbons (Fsp3) is 0.438. The van der Waals surface area contributed by atoms with Gasteiger partial charge in [0.1, 0.15) is 0 Å². The molecule has 0 aliphatic carbocycles. The highest BCUT2D eigenvalue weighted by Crippen LogP contribution is 2.08. The molecule has 0 radical (unpaired) electrons. The van der Waals surface area contributed by atoms with Crippen LogP contribution in [-0.4, -0.2) is 24.0 Å². The second kappa shape index (κ2) is 11.7. The van der Waals surface area contributed by atoms with Crippen molar-refractivity contribution in [3.8, 4) is 0 Å². The molecule has 1 aromatic carbocycles. The standard InChI is InChI=1S/C7H8O3S.C6H12O2.C3H7N/c1-6-2-4-7(5-3-6)11(8,9)10;1-5(2)3-4-6(7)8;1-3(2)4/h2-5H,1H3,(H,8,9,10);5H,3-4H2,1-2H3,(H,7,8);1,4H2,2H3. The van der Waals surface area contributed by atoms with Gasteiger partial charge in [-0.1, -0.05) is 38.1 Å². The Labute approximate surface area is 138 Å². The van der Waals surface area contributed by atoms with E-state index in [0.717, 1.165) is 12.0 Å². The zero-order chi connectivity index (χ0) is 18.6. The van der Waals surface area contributed by atoms with Crippen molar-refractivity contribution in [2.24, 2.45) is 11.7 Å². The lowest BCUT2D eigenvalue weighted by Gasteiger charge is -1.97. The normalized spacial score (nSPS) is 10.0. The quantitative estimate of drug-likeness (QED) is 0.721. The number of rotatable bonds is 4. The monoisotopic (exact) mass is 345 g/mol. The summed E-state index contributed by atoms with van der Waals surface area (Å²) in [6.45, 7) is 11.0. The third-order valence-electron chi connectivity index (χ3n) is 2.25. The summed E-state index contributed by atoms with van der Waals surface area (Å²) in [5, 5.41) is 8.16. The maximum atomic E-state index is 10.5. The minimum absolute atomic E-state index is 0.0666. The molecule has 0 aliphatic rings. The van der Waals surface area contributed by atoms with Gasteiger partial charge in [-0.25, -0.2) is 0 Å². The molecule has 132 valence electrons. The van der Waals surface area contributed by atoms with Crippen LogP contribution in [0.15, 0.2) is 41.4 Å². The number of aryl methyl sites for hydroxylation is 1. The second-order valence-electron chi connectivity index (χ2n) is 5.46. The maximum absolute atomic E-state index is 10.5. The number of benzene rings is 1. The first-order valence-electron chi connectivity index (χ1n) is 7.03. The van der Waals surface area contributed by atoms with Gasteiger partial charge in [-0.15, -0.1) is 0 Å². The fourth-order valence-electron chi connectivity index (χ4n) is 1.12. The van der Waals surface area contributed by atoms with Crippen LogP contribution in [0.5, 0.6) is 0 Å². The Morgan fingerprint density at radius 3 is 1.87 bits per heavy atom. The maximum Gasteiger partial charge on any atom is 0.303 e. The third kappa shape index (κ3) is 18.1. The Balaban J connectivity index is 0. The van der Waals surface area contributed by atoms with Gasteiger partial charge in [0.25, 0.3) is 10.1 Å². The highest BCUT2D eigenvalue weighted by molar-refractivity contribution is 7.85. The predicted molar refractivity (Wildman–Crippen MR) is 91.7 cm³/mol. The fourth-order valence-corrected chi connectivity index (χ4v) is 1.60. The van der Waals surface area contributed by atoms with Gasteiger partial charge in [0.2, 0.25) is 0 Å². The van der Waals surface area contributed by atoms with Crippen molar-refractivity contribution in [2.45, 2.75) is 45.4 Å². The van der Waals surface area contributed by atoms with Gasteiger partial charge < -0.3 is 10.8 Å². The van der Waals surface area contributed by atoms with Crippen molar-refractivity contribution in [3.63, 3.8) is 0 Å². The number of nitrogens with two attached hydrogens (primary N) is 1. The summed E-state index contributed by atoms with van der Waals surface area (Å²) in [5.41, 5.74) is 6.54. The number of carbonyl (C=O) groups is 1. The second-order valence-corrected chi connectivity index (χ2v) is 6.88. The van der Waals surface area contributed by atoms with Crippen LogP contribution < -0.4 is 5.73 Å².